The molecule has 2 heterocycles. The van der Waals surface area contributed by atoms with Crippen molar-refractivity contribution in [2.24, 2.45) is 0 Å². The van der Waals surface area contributed by atoms with Crippen LogP contribution >= 0.6 is 0 Å². The molecule has 1 saturated carbocycles. The highest BCUT2D eigenvalue weighted by Gasteiger charge is 2.49. The van der Waals surface area contributed by atoms with Gasteiger partial charge in [0, 0.05) is 17.3 Å². The predicted molar refractivity (Wildman–Crippen MR) is 143 cm³/mol. The van der Waals surface area contributed by atoms with Crippen molar-refractivity contribution >= 4 is 17.5 Å². The summed E-state index contributed by atoms with van der Waals surface area (Å²) in [5.41, 5.74) is 5.36. The van der Waals surface area contributed by atoms with Crippen LogP contribution in [0.25, 0.3) is 11.3 Å². The normalized spacial score (nSPS) is 20.3. The van der Waals surface area contributed by atoms with Gasteiger partial charge in [-0.15, -0.1) is 0 Å². The van der Waals surface area contributed by atoms with Crippen LogP contribution in [0.1, 0.15) is 73.1 Å². The number of hydrogen-bond acceptors (Lipinski definition) is 3. The van der Waals surface area contributed by atoms with Crippen LogP contribution in [0.4, 0.5) is 5.69 Å². The van der Waals surface area contributed by atoms with Crippen LogP contribution in [0, 0.1) is 13.8 Å². The Labute approximate surface area is 213 Å². The lowest BCUT2D eigenvalue weighted by molar-refractivity contribution is -0.127. The summed E-state index contributed by atoms with van der Waals surface area (Å²) in [6.45, 7) is 8.39. The third-order valence-corrected chi connectivity index (χ3v) is 7.99. The Morgan fingerprint density at radius 1 is 1.03 bits per heavy atom. The van der Waals surface area contributed by atoms with E-state index in [1.807, 2.05) is 50.2 Å². The van der Waals surface area contributed by atoms with Crippen LogP contribution in [0.3, 0.4) is 0 Å². The van der Waals surface area contributed by atoms with E-state index in [0.29, 0.717) is 12.2 Å². The largest absolute Gasteiger partial charge is 0.351 e. The summed E-state index contributed by atoms with van der Waals surface area (Å²) in [6, 6.07) is 16.3. The third kappa shape index (κ3) is 4.34. The number of hydrogen-bond donors (Lipinski definition) is 1. The first-order valence-corrected chi connectivity index (χ1v) is 13.2. The van der Waals surface area contributed by atoms with E-state index in [9.17, 15) is 9.59 Å². The number of aromatic nitrogens is 2. The fourth-order valence-electron chi connectivity index (χ4n) is 5.49. The fourth-order valence-corrected chi connectivity index (χ4v) is 5.49. The molecule has 1 N–H and O–H groups in total. The fraction of sp³-hybridized carbons (Fsp3) is 0.433. The second-order valence-electron chi connectivity index (χ2n) is 10.6. The molecule has 1 atom stereocenters. The zero-order valence-electron chi connectivity index (χ0n) is 21.8. The van der Waals surface area contributed by atoms with E-state index in [0.717, 1.165) is 60.2 Å². The Morgan fingerprint density at radius 2 is 1.75 bits per heavy atom. The molecule has 6 heteroatoms. The zero-order chi connectivity index (χ0) is 25.4. The van der Waals surface area contributed by atoms with Crippen LogP contribution in [0.15, 0.2) is 48.5 Å². The van der Waals surface area contributed by atoms with Gasteiger partial charge in [0.25, 0.3) is 5.91 Å². The summed E-state index contributed by atoms with van der Waals surface area (Å²) in [5, 5.41) is 8.08. The minimum atomic E-state index is -1.10. The molecule has 1 aromatic heterocycles. The van der Waals surface area contributed by atoms with Crippen LogP contribution in [0.5, 0.6) is 0 Å². The molecule has 2 amide bonds. The van der Waals surface area contributed by atoms with Gasteiger partial charge in [0.2, 0.25) is 5.91 Å². The summed E-state index contributed by atoms with van der Waals surface area (Å²) in [5.74, 6) is -0.314. The van der Waals surface area contributed by atoms with E-state index < -0.39 is 5.54 Å². The van der Waals surface area contributed by atoms with Crippen molar-refractivity contribution < 1.29 is 9.59 Å². The molecule has 1 fully saturated rings. The Bertz CT molecular complexity index is 1290. The van der Waals surface area contributed by atoms with Crippen LogP contribution in [-0.4, -0.2) is 33.2 Å². The minimum absolute atomic E-state index is 0.115. The van der Waals surface area contributed by atoms with E-state index >= 15 is 0 Å². The lowest BCUT2D eigenvalue weighted by Crippen LogP contribution is -2.65. The van der Waals surface area contributed by atoms with Gasteiger partial charge in [-0.05, 0) is 74.9 Å². The van der Waals surface area contributed by atoms with Gasteiger partial charge in [-0.25, -0.2) is 0 Å². The summed E-state index contributed by atoms with van der Waals surface area (Å²) >= 11 is 0. The topological polar surface area (TPSA) is 67.2 Å². The molecule has 0 saturated heterocycles. The lowest BCUT2D eigenvalue weighted by atomic mass is 9.90. The van der Waals surface area contributed by atoms with Crippen LogP contribution in [-0.2, 0) is 17.8 Å². The first kappa shape index (κ1) is 24.3. The maximum Gasteiger partial charge on any atom is 0.277 e. The van der Waals surface area contributed by atoms with Crippen molar-refractivity contribution in [2.45, 2.75) is 84.3 Å². The molecule has 188 valence electrons. The second-order valence-corrected chi connectivity index (χ2v) is 10.6. The molecule has 1 unspecified atom stereocenters. The maximum atomic E-state index is 14.1. The Hall–Kier alpha value is -3.41. The number of carbonyl (C=O) groups excluding carboxylic acids is 2. The van der Waals surface area contributed by atoms with Crippen molar-refractivity contribution in [2.75, 3.05) is 4.90 Å². The van der Waals surface area contributed by atoms with Crippen LogP contribution < -0.4 is 10.2 Å². The smallest absolute Gasteiger partial charge is 0.277 e. The van der Waals surface area contributed by atoms with E-state index in [1.54, 1.807) is 9.58 Å². The summed E-state index contributed by atoms with van der Waals surface area (Å²) in [4.78, 5) is 29.6. The number of nitrogens with zero attached hydrogens (tertiary/aromatic N) is 3. The highest BCUT2D eigenvalue weighted by molar-refractivity contribution is 6.12. The van der Waals surface area contributed by atoms with E-state index in [4.69, 9.17) is 5.10 Å². The molecule has 36 heavy (non-hydrogen) atoms. The number of fused-ring (bicyclic) bond motifs is 1. The van der Waals surface area contributed by atoms with E-state index in [-0.39, 0.29) is 17.9 Å². The predicted octanol–water partition coefficient (Wildman–Crippen LogP) is 5.60. The molecule has 0 spiro atoms. The van der Waals surface area contributed by atoms with Crippen molar-refractivity contribution in [3.63, 3.8) is 0 Å². The molecular weight excluding hydrogens is 448 g/mol. The van der Waals surface area contributed by atoms with Crippen LogP contribution in [0.2, 0.25) is 0 Å². The van der Waals surface area contributed by atoms with Gasteiger partial charge in [0.1, 0.15) is 11.2 Å². The number of carbonyl (C=O) groups is 2. The van der Waals surface area contributed by atoms with Gasteiger partial charge < -0.3 is 5.32 Å². The van der Waals surface area contributed by atoms with Gasteiger partial charge in [-0.2, -0.15) is 5.10 Å². The molecule has 1 aliphatic carbocycles. The van der Waals surface area contributed by atoms with Gasteiger partial charge in [-0.1, -0.05) is 56.5 Å². The second kappa shape index (κ2) is 9.57. The average molecular weight is 485 g/mol. The van der Waals surface area contributed by atoms with Crippen molar-refractivity contribution in [1.29, 1.82) is 0 Å². The Balaban J connectivity index is 1.56. The average Bonchev–Trinajstić information content (AvgIpc) is 3.31. The van der Waals surface area contributed by atoms with E-state index in [2.05, 4.69) is 31.3 Å². The number of nitrogens with one attached hydrogen (secondary N) is 1. The van der Waals surface area contributed by atoms with Crippen molar-refractivity contribution in [3.8, 4) is 11.3 Å². The molecule has 6 nitrogen and oxygen atoms in total. The minimum Gasteiger partial charge on any atom is -0.351 e. The lowest BCUT2D eigenvalue weighted by Gasteiger charge is -2.44. The number of anilines is 1. The van der Waals surface area contributed by atoms with Gasteiger partial charge in [-0.3, -0.25) is 19.2 Å². The van der Waals surface area contributed by atoms with Gasteiger partial charge in [0.15, 0.2) is 0 Å². The van der Waals surface area contributed by atoms with Gasteiger partial charge in [0.05, 0.1) is 12.2 Å². The molecule has 0 bridgehead atoms. The Kier molecular flexibility index (Phi) is 6.45. The molecule has 5 rings (SSSR count). The molecular formula is C30H36N4O2. The van der Waals surface area contributed by atoms with Crippen molar-refractivity contribution in [3.05, 3.63) is 70.9 Å². The summed E-state index contributed by atoms with van der Waals surface area (Å²) < 4.78 is 1.73. The highest BCUT2D eigenvalue weighted by atomic mass is 16.2. The monoisotopic (exact) mass is 484 g/mol. The van der Waals surface area contributed by atoms with E-state index in [1.165, 1.54) is 12.0 Å². The number of rotatable bonds is 5. The quantitative estimate of drug-likeness (QED) is 0.513. The first-order valence-electron chi connectivity index (χ1n) is 13.2. The Morgan fingerprint density at radius 3 is 2.42 bits per heavy atom. The molecule has 2 aromatic carbocycles. The first-order chi connectivity index (χ1) is 17.3. The molecule has 3 aromatic rings. The molecule has 2 aliphatic rings. The maximum absolute atomic E-state index is 14.1. The molecule has 0 radical (unpaired) electrons. The highest BCUT2D eigenvalue weighted by Crippen LogP contribution is 2.35. The third-order valence-electron chi connectivity index (χ3n) is 7.99. The number of benzene rings is 2. The molecule has 1 aliphatic heterocycles. The zero-order valence-corrected chi connectivity index (χ0v) is 21.8. The number of aryl methyl sites for hydroxylation is 3. The summed E-state index contributed by atoms with van der Waals surface area (Å²) in [7, 11) is 0. The van der Waals surface area contributed by atoms with Crippen molar-refractivity contribution in [1.82, 2.24) is 15.1 Å². The summed E-state index contributed by atoms with van der Waals surface area (Å²) in [6.07, 6.45) is 6.43. The van der Waals surface area contributed by atoms with Gasteiger partial charge >= 0.3 is 0 Å². The standard InChI is InChI=1S/C30H36N4O2/c1-5-22-12-14-23(15-13-22)26-18-27-28(35)34(25-16-11-20(2)21(3)17-25)30(4,19-33(27)32-26)29(36)31-24-9-7-6-8-10-24/h11-18,24H,5-10,19H2,1-4H3,(H,31,36). The SMILES string of the molecule is CCc1ccc(-c2cc3n(n2)CC(C)(C(=O)NC2CCCCC2)N(c2ccc(C)c(C)c2)C3=O)cc1. The number of amides is 2.